The van der Waals surface area contributed by atoms with Crippen LogP contribution >= 0.6 is 0 Å². The first-order valence-corrected chi connectivity index (χ1v) is 8.43. The normalized spacial score (nSPS) is 25.7. The molecule has 0 aromatic rings. The molecule has 1 atom stereocenters. The average Bonchev–Trinajstić information content (AvgIpc) is 2.72. The van der Waals surface area contributed by atoms with E-state index in [1.807, 2.05) is 0 Å². The zero-order valence-corrected chi connectivity index (χ0v) is 13.0. The molecule has 1 unspecified atom stereocenters. The molecule has 3 nitrogen and oxygen atoms in total. The van der Waals surface area contributed by atoms with Gasteiger partial charge in [-0.1, -0.05) is 13.8 Å². The topological polar surface area (TPSA) is 18.5 Å². The third-order valence-electron chi connectivity index (χ3n) is 4.52. The molecule has 2 aliphatic rings. The summed E-state index contributed by atoms with van der Waals surface area (Å²) >= 11 is 0. The third-order valence-corrected chi connectivity index (χ3v) is 4.52. The summed E-state index contributed by atoms with van der Waals surface area (Å²) in [5, 5.41) is 3.55. The van der Waals surface area contributed by atoms with Crippen LogP contribution in [-0.2, 0) is 0 Å². The predicted octanol–water partition coefficient (Wildman–Crippen LogP) is 2.18. The van der Waals surface area contributed by atoms with Crippen LogP contribution in [0.25, 0.3) is 0 Å². The number of unbranched alkanes of at least 4 members (excludes halogenated alkanes) is 1. The first kappa shape index (κ1) is 15.3. The number of fused-ring (bicyclic) bond motifs is 1. The van der Waals surface area contributed by atoms with Gasteiger partial charge < -0.3 is 10.2 Å². The van der Waals surface area contributed by atoms with Gasteiger partial charge in [-0.05, 0) is 77.3 Å². The van der Waals surface area contributed by atoms with Crippen LogP contribution in [0.1, 0.15) is 46.0 Å². The van der Waals surface area contributed by atoms with Crippen LogP contribution in [0.3, 0.4) is 0 Å². The lowest BCUT2D eigenvalue weighted by atomic mass is 10.2. The van der Waals surface area contributed by atoms with Crippen LogP contribution in [0.5, 0.6) is 0 Å². The van der Waals surface area contributed by atoms with Crippen LogP contribution in [0, 0.1) is 5.92 Å². The highest BCUT2D eigenvalue weighted by atomic mass is 15.3. The van der Waals surface area contributed by atoms with Crippen molar-refractivity contribution in [2.24, 2.45) is 5.92 Å². The van der Waals surface area contributed by atoms with Gasteiger partial charge in [0.1, 0.15) is 0 Å². The van der Waals surface area contributed by atoms with E-state index in [0.29, 0.717) is 0 Å². The van der Waals surface area contributed by atoms with E-state index in [4.69, 9.17) is 0 Å². The van der Waals surface area contributed by atoms with Crippen molar-refractivity contribution in [2.75, 3.05) is 45.8 Å². The summed E-state index contributed by atoms with van der Waals surface area (Å²) in [6.07, 6.45) is 6.93. The molecule has 2 fully saturated rings. The second-order valence-corrected chi connectivity index (χ2v) is 6.79. The molecule has 0 spiro atoms. The molecule has 2 saturated heterocycles. The Balaban J connectivity index is 1.55. The lowest BCUT2D eigenvalue weighted by Crippen LogP contribution is -2.37. The molecule has 2 aliphatic heterocycles. The van der Waals surface area contributed by atoms with Gasteiger partial charge in [0.05, 0.1) is 0 Å². The summed E-state index contributed by atoms with van der Waals surface area (Å²) in [5.74, 6) is 0.777. The minimum atomic E-state index is 0.777. The molecule has 0 bridgehead atoms. The number of hydrogen-bond donors (Lipinski definition) is 1. The Bertz CT molecular complexity index is 242. The lowest BCUT2D eigenvalue weighted by Gasteiger charge is -2.25. The van der Waals surface area contributed by atoms with Crippen LogP contribution < -0.4 is 5.32 Å². The Labute approximate surface area is 119 Å². The number of nitrogens with one attached hydrogen (secondary N) is 1. The number of nitrogens with zero attached hydrogens (tertiary/aromatic N) is 2. The first-order valence-electron chi connectivity index (χ1n) is 8.43. The highest BCUT2D eigenvalue weighted by Gasteiger charge is 2.28. The van der Waals surface area contributed by atoms with Crippen molar-refractivity contribution in [2.45, 2.75) is 52.0 Å². The van der Waals surface area contributed by atoms with Gasteiger partial charge in [-0.3, -0.25) is 4.90 Å². The Morgan fingerprint density at radius 2 is 1.95 bits per heavy atom. The molecule has 0 aromatic heterocycles. The monoisotopic (exact) mass is 267 g/mol. The number of hydrogen-bond acceptors (Lipinski definition) is 3. The molecular weight excluding hydrogens is 234 g/mol. The van der Waals surface area contributed by atoms with Crippen molar-refractivity contribution >= 4 is 0 Å². The van der Waals surface area contributed by atoms with E-state index in [0.717, 1.165) is 12.0 Å². The van der Waals surface area contributed by atoms with E-state index in [-0.39, 0.29) is 0 Å². The van der Waals surface area contributed by atoms with Gasteiger partial charge in [0.2, 0.25) is 0 Å². The fraction of sp³-hybridized carbons (Fsp3) is 1.00. The minimum absolute atomic E-state index is 0.777. The highest BCUT2D eigenvalue weighted by molar-refractivity contribution is 4.84. The molecule has 0 amide bonds. The molecule has 1 N–H and O–H groups in total. The van der Waals surface area contributed by atoms with Gasteiger partial charge in [0.15, 0.2) is 0 Å². The third kappa shape index (κ3) is 5.41. The van der Waals surface area contributed by atoms with Crippen LogP contribution in [-0.4, -0.2) is 61.7 Å². The molecular formula is C16H33N3. The summed E-state index contributed by atoms with van der Waals surface area (Å²) in [6.45, 7) is 13.6. The van der Waals surface area contributed by atoms with Crippen molar-refractivity contribution in [1.82, 2.24) is 15.1 Å². The fourth-order valence-electron chi connectivity index (χ4n) is 3.46. The molecule has 19 heavy (non-hydrogen) atoms. The van der Waals surface area contributed by atoms with E-state index >= 15 is 0 Å². The van der Waals surface area contributed by atoms with Gasteiger partial charge >= 0.3 is 0 Å². The maximum atomic E-state index is 3.55. The van der Waals surface area contributed by atoms with Gasteiger partial charge in [0.25, 0.3) is 0 Å². The minimum Gasteiger partial charge on any atom is -0.316 e. The molecule has 0 saturated carbocycles. The number of rotatable bonds is 7. The molecule has 112 valence electrons. The smallest absolute Gasteiger partial charge is 0.0223 e. The SMILES string of the molecule is CC(C)CNCCCCN1CCCN2CCCC2C1. The van der Waals surface area contributed by atoms with E-state index < -0.39 is 0 Å². The Kier molecular flexibility index (Phi) is 6.62. The Morgan fingerprint density at radius 3 is 2.79 bits per heavy atom. The maximum absolute atomic E-state index is 3.55. The molecule has 2 heterocycles. The van der Waals surface area contributed by atoms with Crippen molar-refractivity contribution in [3.63, 3.8) is 0 Å². The van der Waals surface area contributed by atoms with Crippen LogP contribution in [0.2, 0.25) is 0 Å². The zero-order chi connectivity index (χ0) is 13.5. The molecule has 0 radical (unpaired) electrons. The van der Waals surface area contributed by atoms with E-state index in [9.17, 15) is 0 Å². The summed E-state index contributed by atoms with van der Waals surface area (Å²) < 4.78 is 0. The van der Waals surface area contributed by atoms with Gasteiger partial charge in [-0.25, -0.2) is 0 Å². The second-order valence-electron chi connectivity index (χ2n) is 6.79. The van der Waals surface area contributed by atoms with Crippen molar-refractivity contribution < 1.29 is 0 Å². The quantitative estimate of drug-likeness (QED) is 0.713. The fourth-order valence-corrected chi connectivity index (χ4v) is 3.46. The van der Waals surface area contributed by atoms with Crippen LogP contribution in [0.4, 0.5) is 0 Å². The predicted molar refractivity (Wildman–Crippen MR) is 82.6 cm³/mol. The summed E-state index contributed by atoms with van der Waals surface area (Å²) in [7, 11) is 0. The molecule has 3 heteroatoms. The largest absolute Gasteiger partial charge is 0.316 e. The second kappa shape index (κ2) is 8.23. The van der Waals surface area contributed by atoms with Crippen molar-refractivity contribution in [1.29, 1.82) is 0 Å². The van der Waals surface area contributed by atoms with Gasteiger partial charge in [-0.2, -0.15) is 0 Å². The first-order chi connectivity index (χ1) is 9.25. The van der Waals surface area contributed by atoms with E-state index in [2.05, 4.69) is 29.0 Å². The summed E-state index contributed by atoms with van der Waals surface area (Å²) in [6, 6.07) is 0.876. The standard InChI is InChI=1S/C16H33N3/c1-15(2)13-17-8-3-4-9-18-10-6-12-19-11-5-7-16(19)14-18/h15-17H,3-14H2,1-2H3. The lowest BCUT2D eigenvalue weighted by molar-refractivity contribution is 0.218. The van der Waals surface area contributed by atoms with Gasteiger partial charge in [0, 0.05) is 12.6 Å². The summed E-state index contributed by atoms with van der Waals surface area (Å²) in [5.41, 5.74) is 0. The Hall–Kier alpha value is -0.120. The van der Waals surface area contributed by atoms with Gasteiger partial charge in [-0.15, -0.1) is 0 Å². The maximum Gasteiger partial charge on any atom is 0.0223 e. The zero-order valence-electron chi connectivity index (χ0n) is 13.0. The summed E-state index contributed by atoms with van der Waals surface area (Å²) in [4.78, 5) is 5.45. The molecule has 0 aromatic carbocycles. The van der Waals surface area contributed by atoms with Crippen LogP contribution in [0.15, 0.2) is 0 Å². The van der Waals surface area contributed by atoms with Crippen molar-refractivity contribution in [3.05, 3.63) is 0 Å². The van der Waals surface area contributed by atoms with Crippen molar-refractivity contribution in [3.8, 4) is 0 Å². The van der Waals surface area contributed by atoms with E-state index in [1.54, 1.807) is 0 Å². The molecule has 0 aliphatic carbocycles. The van der Waals surface area contributed by atoms with E-state index in [1.165, 1.54) is 77.9 Å². The average molecular weight is 267 g/mol. The highest BCUT2D eigenvalue weighted by Crippen LogP contribution is 2.21. The molecule has 2 rings (SSSR count). The Morgan fingerprint density at radius 1 is 1.11 bits per heavy atom.